The molecule has 1 saturated heterocycles. The molecule has 1 aliphatic rings. The van der Waals surface area contributed by atoms with E-state index in [0.29, 0.717) is 42.9 Å². The number of nitrogens with two attached hydrogens (primary N) is 1. The lowest BCUT2D eigenvalue weighted by atomic mass is 10.2. The molecule has 3 N–H and O–H groups in total. The Kier molecular flexibility index (Phi) is 4.61. The third-order valence-corrected chi connectivity index (χ3v) is 4.83. The van der Waals surface area contributed by atoms with Gasteiger partial charge in [0.1, 0.15) is 16.3 Å². The van der Waals surface area contributed by atoms with Crippen molar-refractivity contribution in [1.82, 2.24) is 14.9 Å². The first-order valence-electron chi connectivity index (χ1n) is 8.16. The highest BCUT2D eigenvalue weighted by Gasteiger charge is 2.28. The van der Waals surface area contributed by atoms with E-state index < -0.39 is 11.6 Å². The Morgan fingerprint density at radius 1 is 1.23 bits per heavy atom. The van der Waals surface area contributed by atoms with Gasteiger partial charge in [0.25, 0.3) is 0 Å². The number of piperazine rings is 1. The molecule has 0 atom stereocenters. The van der Waals surface area contributed by atoms with E-state index in [4.69, 9.17) is 10.5 Å². The average Bonchev–Trinajstić information content (AvgIpc) is 2.96. The number of nitrogen functional groups attached to an aromatic ring is 1. The lowest BCUT2D eigenvalue weighted by molar-refractivity contribution is 0.0240. The van der Waals surface area contributed by atoms with E-state index in [0.717, 1.165) is 11.3 Å². The fraction of sp³-hybridized carbons (Fsp3) is 0.500. The lowest BCUT2D eigenvalue weighted by Crippen LogP contribution is -2.50. The van der Waals surface area contributed by atoms with Gasteiger partial charge in [-0.25, -0.2) is 14.6 Å². The van der Waals surface area contributed by atoms with Crippen LogP contribution in [-0.4, -0.2) is 63.8 Å². The maximum absolute atomic E-state index is 12.2. The van der Waals surface area contributed by atoms with E-state index in [2.05, 4.69) is 9.97 Å². The summed E-state index contributed by atoms with van der Waals surface area (Å²) >= 11 is 1.10. The average molecular weight is 379 g/mol. The van der Waals surface area contributed by atoms with Crippen LogP contribution in [0.3, 0.4) is 0 Å². The largest absolute Gasteiger partial charge is 0.477 e. The molecule has 0 spiro atoms. The third-order valence-electron chi connectivity index (χ3n) is 3.88. The number of ether oxygens (including phenoxy) is 1. The van der Waals surface area contributed by atoms with Crippen LogP contribution in [0, 0.1) is 0 Å². The van der Waals surface area contributed by atoms with Gasteiger partial charge in [-0.15, -0.1) is 11.3 Å². The smallest absolute Gasteiger partial charge is 0.410 e. The fourth-order valence-electron chi connectivity index (χ4n) is 2.77. The summed E-state index contributed by atoms with van der Waals surface area (Å²) in [6, 6.07) is 0. The summed E-state index contributed by atoms with van der Waals surface area (Å²) in [5.41, 5.74) is 5.76. The molecule has 2 aromatic rings. The quantitative estimate of drug-likeness (QED) is 0.813. The van der Waals surface area contributed by atoms with Crippen LogP contribution in [0.2, 0.25) is 0 Å². The first-order valence-corrected chi connectivity index (χ1v) is 9.04. The predicted octanol–water partition coefficient (Wildman–Crippen LogP) is 2.03. The number of amides is 1. The van der Waals surface area contributed by atoms with Crippen molar-refractivity contribution in [3.8, 4) is 0 Å². The van der Waals surface area contributed by atoms with Gasteiger partial charge in [-0.1, -0.05) is 0 Å². The van der Waals surface area contributed by atoms with Crippen molar-refractivity contribution in [2.24, 2.45) is 0 Å². The van der Waals surface area contributed by atoms with E-state index >= 15 is 0 Å². The van der Waals surface area contributed by atoms with Crippen molar-refractivity contribution in [3.63, 3.8) is 0 Å². The Morgan fingerprint density at radius 2 is 1.88 bits per heavy atom. The van der Waals surface area contributed by atoms with E-state index in [9.17, 15) is 14.7 Å². The molecule has 1 aliphatic heterocycles. The van der Waals surface area contributed by atoms with Gasteiger partial charge in [0.15, 0.2) is 0 Å². The molecule has 1 amide bonds. The van der Waals surface area contributed by atoms with Gasteiger partial charge in [0, 0.05) is 31.6 Å². The Morgan fingerprint density at radius 3 is 2.46 bits per heavy atom. The number of rotatable bonds is 2. The summed E-state index contributed by atoms with van der Waals surface area (Å²) < 4.78 is 5.39. The molecule has 1 fully saturated rings. The highest BCUT2D eigenvalue weighted by atomic mass is 32.1. The van der Waals surface area contributed by atoms with Gasteiger partial charge >= 0.3 is 12.1 Å². The van der Waals surface area contributed by atoms with Crippen molar-refractivity contribution >= 4 is 46.1 Å². The minimum Gasteiger partial charge on any atom is -0.477 e. The molecule has 3 rings (SSSR count). The Bertz CT molecular complexity index is 852. The fourth-order valence-corrected chi connectivity index (χ4v) is 3.59. The molecule has 0 saturated carbocycles. The highest BCUT2D eigenvalue weighted by molar-refractivity contribution is 7.13. The molecule has 0 radical (unpaired) electrons. The first-order chi connectivity index (χ1) is 12.2. The van der Waals surface area contributed by atoms with Crippen LogP contribution in [0.4, 0.5) is 16.6 Å². The van der Waals surface area contributed by atoms with Crippen LogP contribution < -0.4 is 10.6 Å². The highest BCUT2D eigenvalue weighted by Crippen LogP contribution is 2.33. The maximum atomic E-state index is 12.2. The summed E-state index contributed by atoms with van der Waals surface area (Å²) in [6.45, 7) is 7.38. The molecule has 140 valence electrons. The maximum Gasteiger partial charge on any atom is 0.410 e. The second-order valence-corrected chi connectivity index (χ2v) is 7.87. The molecule has 3 heterocycles. The predicted molar refractivity (Wildman–Crippen MR) is 98.8 cm³/mol. The molecule has 0 bridgehead atoms. The van der Waals surface area contributed by atoms with Gasteiger partial charge in [-0.05, 0) is 20.8 Å². The van der Waals surface area contributed by atoms with Gasteiger partial charge in [0.2, 0.25) is 5.95 Å². The zero-order chi connectivity index (χ0) is 19.1. The molecule has 0 aromatic carbocycles. The lowest BCUT2D eigenvalue weighted by Gasteiger charge is -2.36. The summed E-state index contributed by atoms with van der Waals surface area (Å²) in [4.78, 5) is 35.8. The summed E-state index contributed by atoms with van der Waals surface area (Å²) in [6.07, 6.45) is -0.355. The zero-order valence-corrected chi connectivity index (χ0v) is 15.7. The number of anilines is 2. The second-order valence-electron chi connectivity index (χ2n) is 6.99. The molecule has 0 aliphatic carbocycles. The van der Waals surface area contributed by atoms with E-state index in [-0.39, 0.29) is 16.9 Å². The molecular weight excluding hydrogens is 358 g/mol. The van der Waals surface area contributed by atoms with Gasteiger partial charge in [-0.3, -0.25) is 0 Å². The number of thiophene rings is 1. The minimum absolute atomic E-state index is 0.0943. The Hall–Kier alpha value is -2.62. The van der Waals surface area contributed by atoms with E-state index in [1.165, 1.54) is 0 Å². The normalized spacial score (nSPS) is 15.3. The number of carbonyl (C=O) groups excluding carboxylic acids is 1. The van der Waals surface area contributed by atoms with Crippen molar-refractivity contribution < 1.29 is 19.4 Å². The number of fused-ring (bicyclic) bond motifs is 1. The SMILES string of the molecule is CC(C)(C)OC(=O)N1CCN(c2nc(N)nc3csc(C(=O)O)c23)CC1. The van der Waals surface area contributed by atoms with E-state index in [1.807, 2.05) is 25.7 Å². The monoisotopic (exact) mass is 379 g/mol. The summed E-state index contributed by atoms with van der Waals surface area (Å²) in [5, 5.41) is 11.6. The first kappa shape index (κ1) is 18.2. The standard InChI is InChI=1S/C16H21N5O4S/c1-16(2,3)25-15(24)21-6-4-20(5-7-21)12-10-9(18-14(17)19-12)8-26-11(10)13(22)23/h8H,4-7H2,1-3H3,(H2,17,18)(H,22,23). The number of carboxylic acid groups (broad SMARTS) is 1. The number of carboxylic acids is 1. The van der Waals surface area contributed by atoms with E-state index in [1.54, 1.807) is 10.3 Å². The number of hydrogen-bond acceptors (Lipinski definition) is 8. The van der Waals surface area contributed by atoms with Gasteiger partial charge < -0.3 is 25.4 Å². The van der Waals surface area contributed by atoms with Crippen LogP contribution in [-0.2, 0) is 4.74 Å². The molecule has 2 aromatic heterocycles. The van der Waals surface area contributed by atoms with Crippen LogP contribution in [0.1, 0.15) is 30.4 Å². The summed E-state index contributed by atoms with van der Waals surface area (Å²) in [7, 11) is 0. The summed E-state index contributed by atoms with van der Waals surface area (Å²) in [5.74, 6) is -0.432. The molecular formula is C16H21N5O4S. The van der Waals surface area contributed by atoms with Crippen LogP contribution in [0.15, 0.2) is 5.38 Å². The number of nitrogens with zero attached hydrogens (tertiary/aromatic N) is 4. The van der Waals surface area contributed by atoms with Crippen LogP contribution in [0.25, 0.3) is 10.9 Å². The van der Waals surface area contributed by atoms with Crippen molar-refractivity contribution in [2.45, 2.75) is 26.4 Å². The van der Waals surface area contributed by atoms with Crippen LogP contribution in [0.5, 0.6) is 0 Å². The second kappa shape index (κ2) is 6.60. The van der Waals surface area contributed by atoms with Gasteiger partial charge in [-0.2, -0.15) is 4.98 Å². The Labute approximate surface area is 154 Å². The number of carbonyl (C=O) groups is 2. The topological polar surface area (TPSA) is 122 Å². The third kappa shape index (κ3) is 3.64. The molecule has 9 nitrogen and oxygen atoms in total. The number of aromatic carboxylic acids is 1. The number of hydrogen-bond donors (Lipinski definition) is 2. The van der Waals surface area contributed by atoms with Gasteiger partial charge in [0.05, 0.1) is 10.9 Å². The van der Waals surface area contributed by atoms with Crippen molar-refractivity contribution in [1.29, 1.82) is 0 Å². The van der Waals surface area contributed by atoms with Crippen molar-refractivity contribution in [2.75, 3.05) is 36.8 Å². The minimum atomic E-state index is -1.02. The molecule has 10 heteroatoms. The molecule has 0 unspecified atom stereocenters. The molecule has 26 heavy (non-hydrogen) atoms. The van der Waals surface area contributed by atoms with Crippen molar-refractivity contribution in [3.05, 3.63) is 10.3 Å². The Balaban J connectivity index is 1.82. The number of aromatic nitrogens is 2. The van der Waals surface area contributed by atoms with Crippen LogP contribution >= 0.6 is 11.3 Å². The zero-order valence-electron chi connectivity index (χ0n) is 14.9.